The molecule has 1 N–H and O–H groups in total. The smallest absolute Gasteiger partial charge is 0.325 e. The second-order valence-electron chi connectivity index (χ2n) is 5.92. The van der Waals surface area contributed by atoms with Crippen LogP contribution in [0.15, 0.2) is 42.5 Å². The molecule has 7 nitrogen and oxygen atoms in total. The third kappa shape index (κ3) is 3.13. The van der Waals surface area contributed by atoms with Gasteiger partial charge in [-0.3, -0.25) is 9.69 Å². The highest BCUT2D eigenvalue weighted by atomic mass is 35.5. The maximum absolute atomic E-state index is 12.6. The lowest BCUT2D eigenvalue weighted by Crippen LogP contribution is -2.37. The number of hydrogen-bond donors (Lipinski definition) is 1. The molecule has 2 aliphatic heterocycles. The van der Waals surface area contributed by atoms with Gasteiger partial charge in [0.2, 0.25) is 12.7 Å². The number of anilines is 2. The van der Waals surface area contributed by atoms with Crippen molar-refractivity contribution in [3.8, 4) is 11.5 Å². The molecule has 2 aliphatic rings. The monoisotopic (exact) mass is 373 g/mol. The van der Waals surface area contributed by atoms with E-state index in [-0.39, 0.29) is 25.3 Å². The molecule has 0 atom stereocenters. The molecule has 0 radical (unpaired) electrons. The van der Waals surface area contributed by atoms with E-state index in [0.717, 1.165) is 0 Å². The minimum absolute atomic E-state index is 0.0366. The zero-order chi connectivity index (χ0) is 18.1. The number of rotatable bonds is 4. The van der Waals surface area contributed by atoms with Crippen LogP contribution in [-0.2, 0) is 4.79 Å². The molecule has 134 valence electrons. The van der Waals surface area contributed by atoms with Gasteiger partial charge in [0.1, 0.15) is 6.54 Å². The summed E-state index contributed by atoms with van der Waals surface area (Å²) in [4.78, 5) is 28.0. The Morgan fingerprint density at radius 3 is 2.77 bits per heavy atom. The van der Waals surface area contributed by atoms with Crippen molar-refractivity contribution >= 4 is 34.9 Å². The first-order valence-electron chi connectivity index (χ1n) is 8.12. The fraction of sp³-hybridized carbons (Fsp3) is 0.222. The summed E-state index contributed by atoms with van der Waals surface area (Å²) in [6.45, 7) is 1.10. The molecule has 8 heteroatoms. The van der Waals surface area contributed by atoms with Gasteiger partial charge in [0.15, 0.2) is 11.5 Å². The number of para-hydroxylation sites is 1. The van der Waals surface area contributed by atoms with Gasteiger partial charge in [0.25, 0.3) is 0 Å². The van der Waals surface area contributed by atoms with Gasteiger partial charge in [-0.1, -0.05) is 23.7 Å². The Hall–Kier alpha value is -2.93. The molecule has 4 rings (SSSR count). The highest BCUT2D eigenvalue weighted by molar-refractivity contribution is 6.33. The summed E-state index contributed by atoms with van der Waals surface area (Å²) in [5.41, 5.74) is 1.24. The molecule has 0 saturated carbocycles. The molecule has 0 spiro atoms. The summed E-state index contributed by atoms with van der Waals surface area (Å²) in [5, 5.41) is 3.18. The van der Waals surface area contributed by atoms with Gasteiger partial charge >= 0.3 is 6.03 Å². The second-order valence-corrected chi connectivity index (χ2v) is 6.33. The number of carbonyl (C=O) groups is 2. The molecule has 0 aliphatic carbocycles. The average Bonchev–Trinajstić information content (AvgIpc) is 3.23. The number of halogens is 1. The lowest BCUT2D eigenvalue weighted by molar-refractivity contribution is -0.116. The maximum atomic E-state index is 12.6. The Morgan fingerprint density at radius 2 is 1.92 bits per heavy atom. The first-order chi connectivity index (χ1) is 12.6. The molecular weight excluding hydrogens is 358 g/mol. The third-order valence-electron chi connectivity index (χ3n) is 4.25. The number of ether oxygens (including phenoxy) is 2. The molecule has 0 aromatic heterocycles. The summed E-state index contributed by atoms with van der Waals surface area (Å²) >= 11 is 6.04. The number of fused-ring (bicyclic) bond motifs is 1. The van der Waals surface area contributed by atoms with E-state index in [1.807, 2.05) is 0 Å². The zero-order valence-corrected chi connectivity index (χ0v) is 14.5. The Balaban J connectivity index is 1.41. The topological polar surface area (TPSA) is 71.1 Å². The van der Waals surface area contributed by atoms with Gasteiger partial charge in [-0.05, 0) is 24.3 Å². The number of urea groups is 1. The highest BCUT2D eigenvalue weighted by Gasteiger charge is 2.31. The van der Waals surface area contributed by atoms with Crippen LogP contribution in [0, 0.1) is 0 Å². The quantitative estimate of drug-likeness (QED) is 0.894. The lowest BCUT2D eigenvalue weighted by atomic mass is 10.2. The van der Waals surface area contributed by atoms with Crippen LogP contribution in [0.2, 0.25) is 5.02 Å². The largest absolute Gasteiger partial charge is 0.454 e. The second kappa shape index (κ2) is 6.76. The van der Waals surface area contributed by atoms with Crippen LogP contribution in [0.4, 0.5) is 16.2 Å². The normalized spacial score (nSPS) is 15.5. The van der Waals surface area contributed by atoms with Crippen LogP contribution in [-0.4, -0.2) is 43.3 Å². The van der Waals surface area contributed by atoms with Crippen molar-refractivity contribution in [2.24, 2.45) is 0 Å². The van der Waals surface area contributed by atoms with Gasteiger partial charge in [-0.2, -0.15) is 0 Å². The van der Waals surface area contributed by atoms with Gasteiger partial charge in [-0.15, -0.1) is 0 Å². The molecule has 2 aromatic rings. The van der Waals surface area contributed by atoms with Crippen LogP contribution in [0.5, 0.6) is 11.5 Å². The predicted octanol–water partition coefficient (Wildman–Crippen LogP) is 2.95. The minimum Gasteiger partial charge on any atom is -0.454 e. The number of benzene rings is 2. The third-order valence-corrected chi connectivity index (χ3v) is 4.57. The van der Waals surface area contributed by atoms with Crippen LogP contribution in [0.3, 0.4) is 0 Å². The highest BCUT2D eigenvalue weighted by Crippen LogP contribution is 2.36. The van der Waals surface area contributed by atoms with Crippen LogP contribution in [0.25, 0.3) is 0 Å². The Kier molecular flexibility index (Phi) is 4.30. The van der Waals surface area contributed by atoms with Crippen LogP contribution in [0.1, 0.15) is 0 Å². The number of nitrogens with one attached hydrogen (secondary N) is 1. The van der Waals surface area contributed by atoms with Crippen molar-refractivity contribution in [2.45, 2.75) is 0 Å². The first kappa shape index (κ1) is 16.5. The fourth-order valence-corrected chi connectivity index (χ4v) is 3.13. The van der Waals surface area contributed by atoms with E-state index in [9.17, 15) is 9.59 Å². The van der Waals surface area contributed by atoms with E-state index in [1.165, 1.54) is 4.90 Å². The van der Waals surface area contributed by atoms with E-state index in [2.05, 4.69) is 5.32 Å². The molecule has 0 unspecified atom stereocenters. The summed E-state index contributed by atoms with van der Waals surface area (Å²) in [6.07, 6.45) is 0. The van der Waals surface area contributed by atoms with Gasteiger partial charge < -0.3 is 19.7 Å². The average molecular weight is 374 g/mol. The summed E-state index contributed by atoms with van der Waals surface area (Å²) < 4.78 is 10.6. The number of hydrogen-bond acceptors (Lipinski definition) is 4. The summed E-state index contributed by atoms with van der Waals surface area (Å²) in [6, 6.07) is 12.1. The first-order valence-corrected chi connectivity index (χ1v) is 8.50. The molecule has 2 heterocycles. The number of nitrogens with zero attached hydrogens (tertiary/aromatic N) is 2. The molecule has 26 heavy (non-hydrogen) atoms. The van der Waals surface area contributed by atoms with Gasteiger partial charge in [0.05, 0.1) is 10.7 Å². The number of carbonyl (C=O) groups excluding carboxylic acids is 2. The van der Waals surface area contributed by atoms with Crippen molar-refractivity contribution in [3.63, 3.8) is 0 Å². The minimum atomic E-state index is -0.293. The molecule has 1 fully saturated rings. The van der Waals surface area contributed by atoms with E-state index in [1.54, 1.807) is 47.4 Å². The standard InChI is InChI=1S/C18H16ClN3O4/c19-13-3-1-2-4-14(13)20-17(23)10-21-7-8-22(18(21)24)12-5-6-15-16(9-12)26-11-25-15/h1-6,9H,7-8,10-11H2,(H,20,23). The molecule has 2 aromatic carbocycles. The SMILES string of the molecule is O=C(CN1CCN(c2ccc3c(c2)OCO3)C1=O)Nc1ccccc1Cl. The fourth-order valence-electron chi connectivity index (χ4n) is 2.95. The van der Waals surface area contributed by atoms with E-state index in [0.29, 0.717) is 41.0 Å². The number of amides is 3. The van der Waals surface area contributed by atoms with E-state index in [4.69, 9.17) is 21.1 Å². The molecular formula is C18H16ClN3O4. The van der Waals surface area contributed by atoms with Crippen molar-refractivity contribution in [1.82, 2.24) is 4.90 Å². The predicted molar refractivity (Wildman–Crippen MR) is 97.0 cm³/mol. The Labute approximate surface area is 155 Å². The van der Waals surface area contributed by atoms with Crippen molar-refractivity contribution in [3.05, 3.63) is 47.5 Å². The van der Waals surface area contributed by atoms with Crippen LogP contribution >= 0.6 is 11.6 Å². The van der Waals surface area contributed by atoms with Crippen molar-refractivity contribution < 1.29 is 19.1 Å². The molecule has 0 bridgehead atoms. The summed E-state index contributed by atoms with van der Waals surface area (Å²) in [7, 11) is 0. The van der Waals surface area contributed by atoms with Gasteiger partial charge in [0, 0.05) is 24.8 Å². The zero-order valence-electron chi connectivity index (χ0n) is 13.8. The van der Waals surface area contributed by atoms with E-state index >= 15 is 0 Å². The van der Waals surface area contributed by atoms with Crippen molar-refractivity contribution in [1.29, 1.82) is 0 Å². The Bertz CT molecular complexity index is 873. The van der Waals surface area contributed by atoms with E-state index < -0.39 is 0 Å². The van der Waals surface area contributed by atoms with Crippen LogP contribution < -0.4 is 19.7 Å². The lowest BCUT2D eigenvalue weighted by Gasteiger charge is -2.19. The van der Waals surface area contributed by atoms with Crippen molar-refractivity contribution in [2.75, 3.05) is 36.6 Å². The molecule has 1 saturated heterocycles. The van der Waals surface area contributed by atoms with Gasteiger partial charge in [-0.25, -0.2) is 4.79 Å². The maximum Gasteiger partial charge on any atom is 0.325 e. The summed E-state index contributed by atoms with van der Waals surface area (Å²) in [5.74, 6) is 0.987. The Morgan fingerprint density at radius 1 is 1.12 bits per heavy atom. The molecule has 3 amide bonds.